The van der Waals surface area contributed by atoms with Crippen LogP contribution in [-0.2, 0) is 42.7 Å². The van der Waals surface area contributed by atoms with Gasteiger partial charge in [0, 0.05) is 61.6 Å². The number of nitrogens with one attached hydrogen (secondary N) is 2. The Morgan fingerprint density at radius 3 is 2.04 bits per heavy atom. The molecule has 0 spiro atoms. The number of benzene rings is 4. The lowest BCUT2D eigenvalue weighted by molar-refractivity contribution is -0.156. The normalized spacial score (nSPS) is 20.1. The van der Waals surface area contributed by atoms with Crippen molar-refractivity contribution < 1.29 is 51.4 Å². The van der Waals surface area contributed by atoms with Gasteiger partial charge in [-0.25, -0.2) is 24.4 Å². The van der Waals surface area contributed by atoms with Gasteiger partial charge in [-0.15, -0.1) is 0 Å². The van der Waals surface area contributed by atoms with Crippen LogP contribution in [0.25, 0.3) is 11.2 Å². The smallest absolute Gasteiger partial charge is 0.356 e. The van der Waals surface area contributed by atoms with Crippen LogP contribution >= 0.6 is 14.9 Å². The highest BCUT2D eigenvalue weighted by Crippen LogP contribution is 2.61. The number of rotatable bonds is 24. The maximum absolute atomic E-state index is 15.4. The van der Waals surface area contributed by atoms with E-state index in [4.69, 9.17) is 37.5 Å². The summed E-state index contributed by atoms with van der Waals surface area (Å²) in [7, 11) is -3.33. The number of carbonyl (C=O) groups is 1. The minimum Gasteiger partial charge on any atom is -0.497 e. The number of aryl methyl sites for hydroxylation is 1. The number of nitrogens with zero attached hydrogens (tertiary/aromatic N) is 7. The molecule has 24 heteroatoms. The molecule has 1 unspecified atom stereocenters. The Kier molecular flexibility index (Phi) is 18.5. The molecule has 9 rings (SSSR count). The van der Waals surface area contributed by atoms with Crippen molar-refractivity contribution in [1.29, 1.82) is 5.26 Å². The van der Waals surface area contributed by atoms with Crippen LogP contribution in [0.1, 0.15) is 92.0 Å². The van der Waals surface area contributed by atoms with Crippen molar-refractivity contribution in [3.63, 3.8) is 0 Å². The monoisotopic (exact) mass is 1160 g/mol. The summed E-state index contributed by atoms with van der Waals surface area (Å²) in [6, 6.07) is 34.7. The predicted molar refractivity (Wildman–Crippen MR) is 305 cm³/mol. The van der Waals surface area contributed by atoms with Gasteiger partial charge in [-0.1, -0.05) is 100 Å². The van der Waals surface area contributed by atoms with Crippen LogP contribution in [-0.4, -0.2) is 116 Å². The van der Waals surface area contributed by atoms with Crippen LogP contribution in [0.5, 0.6) is 11.5 Å². The van der Waals surface area contributed by atoms with E-state index in [1.165, 1.54) is 30.5 Å². The number of aromatic amines is 1. The van der Waals surface area contributed by atoms with Gasteiger partial charge in [0.2, 0.25) is 0 Å². The van der Waals surface area contributed by atoms with E-state index in [0.29, 0.717) is 22.7 Å². The molecule has 2 aliphatic heterocycles. The quantitative estimate of drug-likeness (QED) is 0.0421. The lowest BCUT2D eigenvalue weighted by atomic mass is 9.80. The SMILES string of the molecule is COc1ccc(C(OC[C@H]2O[C@@H](n3cnc4c(NC(=O)c5ccccc5)ncnc43)C[C@H]2OP(=O)(CO[C@H]2O[C@@H](n3cc(C)c(=O)[nH]c3=O)C[C@H]2N(CCC#N)P(=O)(C(C)C)C(C)C)OC)(c2ccccc2)c2ccc(OC)cc2)cc1. The molecular formula is C58H67N9O13P2. The number of carbonyl (C=O) groups excluding carboxylic acids is 1. The number of H-pyrrole nitrogens is 1. The van der Waals surface area contributed by atoms with Gasteiger partial charge in [-0.2, -0.15) is 5.26 Å². The lowest BCUT2D eigenvalue weighted by Crippen LogP contribution is -2.43. The van der Waals surface area contributed by atoms with Gasteiger partial charge in [-0.3, -0.25) is 28.3 Å². The number of nitriles is 1. The minimum absolute atomic E-state index is 0.00533. The lowest BCUT2D eigenvalue weighted by Gasteiger charge is -2.41. The predicted octanol–water partition coefficient (Wildman–Crippen LogP) is 9.37. The number of imidazole rings is 1. The van der Waals surface area contributed by atoms with Gasteiger partial charge >= 0.3 is 13.3 Å². The van der Waals surface area contributed by atoms with Gasteiger partial charge in [0.25, 0.3) is 11.5 Å². The Hall–Kier alpha value is -7.15. The fourth-order valence-corrected chi connectivity index (χ4v) is 15.4. The van der Waals surface area contributed by atoms with Crippen LogP contribution in [0.15, 0.2) is 138 Å². The summed E-state index contributed by atoms with van der Waals surface area (Å²) in [5, 5.41) is 12.7. The summed E-state index contributed by atoms with van der Waals surface area (Å²) in [4.78, 5) is 55.1. The molecule has 5 heterocycles. The first kappa shape index (κ1) is 59.5. The Bertz CT molecular complexity index is 3540. The Balaban J connectivity index is 1.09. The summed E-state index contributed by atoms with van der Waals surface area (Å²) in [6.07, 6.45) is -1.78. The molecule has 2 fully saturated rings. The molecular weight excluding hydrogens is 1090 g/mol. The molecule has 82 heavy (non-hydrogen) atoms. The Morgan fingerprint density at radius 1 is 0.829 bits per heavy atom. The fourth-order valence-electron chi connectivity index (χ4n) is 10.8. The molecule has 0 bridgehead atoms. The number of methoxy groups -OCH3 is 2. The van der Waals surface area contributed by atoms with E-state index >= 15 is 9.13 Å². The zero-order valence-electron chi connectivity index (χ0n) is 46.8. The summed E-state index contributed by atoms with van der Waals surface area (Å²) in [5.41, 5.74) is 0.112. The van der Waals surface area contributed by atoms with E-state index in [9.17, 15) is 19.6 Å². The first-order valence-corrected chi connectivity index (χ1v) is 30.3. The fraction of sp³-hybridized carbons (Fsp3) is 0.397. The molecule has 3 aromatic heterocycles. The van der Waals surface area contributed by atoms with Crippen molar-refractivity contribution >= 4 is 37.8 Å². The first-order valence-electron chi connectivity index (χ1n) is 26.8. The van der Waals surface area contributed by atoms with E-state index in [1.54, 1.807) is 54.6 Å². The molecule has 432 valence electrons. The molecule has 7 atom stereocenters. The molecule has 0 saturated carbocycles. The zero-order valence-corrected chi connectivity index (χ0v) is 48.6. The third-order valence-corrected chi connectivity index (χ3v) is 20.8. The van der Waals surface area contributed by atoms with Crippen molar-refractivity contribution in [2.45, 2.75) is 108 Å². The maximum Gasteiger partial charge on any atom is 0.356 e. The highest BCUT2D eigenvalue weighted by atomic mass is 31.2. The van der Waals surface area contributed by atoms with Crippen molar-refractivity contribution in [2.24, 2.45) is 0 Å². The van der Waals surface area contributed by atoms with Gasteiger partial charge in [0.05, 0.1) is 39.3 Å². The van der Waals surface area contributed by atoms with E-state index in [2.05, 4.69) is 31.3 Å². The summed E-state index contributed by atoms with van der Waals surface area (Å²) < 4.78 is 86.3. The van der Waals surface area contributed by atoms with Crippen molar-refractivity contribution in [3.8, 4) is 17.6 Å². The number of aromatic nitrogens is 6. The standard InChI is InChI=1S/C58H67N9O13P2/c1-37(2)82(72,38(3)4)67(29-15-28-59)46-30-49(65-32-39(5)54(68)64-57(65)70)79-56(46)76-36-81(71,75-8)80-47-31-50(66-35-62-51-52(60-34-61-53(51)66)63-55(69)40-16-11-9-12-17-40)78-48(47)33-77-58(41-18-13-10-14-19-41,42-20-24-44(73-6)25-21-42)43-22-26-45(74-7)27-23-43/h9-14,16-27,32,34-35,37-38,46-50,56H,15,29-31,33,36H2,1-8H3,(H,64,68,70)(H,60,61,63,69)/t46-,47-,48-,49-,50-,56+,81?/m1/s1. The number of amides is 1. The van der Waals surface area contributed by atoms with E-state index in [-0.39, 0.29) is 60.6 Å². The third-order valence-electron chi connectivity index (χ3n) is 14.9. The van der Waals surface area contributed by atoms with Gasteiger partial charge in [0.15, 0.2) is 36.9 Å². The molecule has 22 nitrogen and oxygen atoms in total. The maximum atomic E-state index is 15.4. The average molecular weight is 1160 g/mol. The van der Waals surface area contributed by atoms with Crippen molar-refractivity contribution in [2.75, 3.05) is 46.1 Å². The van der Waals surface area contributed by atoms with Crippen molar-refractivity contribution in [1.82, 2.24) is 33.7 Å². The Labute approximate surface area is 474 Å². The van der Waals surface area contributed by atoms with E-state index < -0.39 is 81.0 Å². The summed E-state index contributed by atoms with van der Waals surface area (Å²) in [6.45, 7) is 8.83. The number of hydrogen-bond acceptors (Lipinski definition) is 17. The number of anilines is 1. The summed E-state index contributed by atoms with van der Waals surface area (Å²) in [5.74, 6) is 1.01. The molecule has 1 amide bonds. The molecule has 4 aromatic carbocycles. The van der Waals surface area contributed by atoms with E-state index in [0.717, 1.165) is 16.7 Å². The topological polar surface area (TPSA) is 263 Å². The summed E-state index contributed by atoms with van der Waals surface area (Å²) >= 11 is 0. The third kappa shape index (κ3) is 12.2. The van der Waals surface area contributed by atoms with Crippen LogP contribution in [0.3, 0.4) is 0 Å². The number of hydrogen-bond donors (Lipinski definition) is 2. The Morgan fingerprint density at radius 2 is 1.44 bits per heavy atom. The zero-order chi connectivity index (χ0) is 58.3. The number of ether oxygens (including phenoxy) is 6. The number of fused-ring (bicyclic) bond motifs is 1. The molecule has 2 N–H and O–H groups in total. The van der Waals surface area contributed by atoms with Crippen LogP contribution in [0.4, 0.5) is 5.82 Å². The molecule has 2 saturated heterocycles. The molecule has 0 radical (unpaired) electrons. The van der Waals surface area contributed by atoms with E-state index in [1.807, 2.05) is 113 Å². The molecule has 0 aliphatic carbocycles. The largest absolute Gasteiger partial charge is 0.497 e. The van der Waals surface area contributed by atoms with Crippen LogP contribution in [0, 0.1) is 18.3 Å². The van der Waals surface area contributed by atoms with Crippen LogP contribution in [0.2, 0.25) is 0 Å². The van der Waals surface area contributed by atoms with Crippen molar-refractivity contribution in [3.05, 3.63) is 177 Å². The van der Waals surface area contributed by atoms with Gasteiger partial charge in [0.1, 0.15) is 48.1 Å². The second-order valence-electron chi connectivity index (χ2n) is 20.5. The highest BCUT2D eigenvalue weighted by molar-refractivity contribution is 7.62. The van der Waals surface area contributed by atoms with Gasteiger partial charge in [-0.05, 0) is 60.0 Å². The molecule has 2 aliphatic rings. The minimum atomic E-state index is -4.39. The average Bonchev–Trinajstić information content (AvgIpc) is 4.39. The second-order valence-corrected chi connectivity index (χ2v) is 26.4. The highest BCUT2D eigenvalue weighted by Gasteiger charge is 2.51. The van der Waals surface area contributed by atoms with Gasteiger partial charge < -0.3 is 47.4 Å². The first-order chi connectivity index (χ1) is 39.5. The molecule has 7 aromatic rings. The second kappa shape index (κ2) is 25.6. The van der Waals surface area contributed by atoms with Crippen LogP contribution < -0.4 is 26.0 Å².